The van der Waals surface area contributed by atoms with Gasteiger partial charge in [-0.1, -0.05) is 33.6 Å². The lowest BCUT2D eigenvalue weighted by Gasteiger charge is -2.37. The first kappa shape index (κ1) is 27.3. The van der Waals surface area contributed by atoms with Crippen LogP contribution in [-0.4, -0.2) is 70.9 Å². The summed E-state index contributed by atoms with van der Waals surface area (Å²) in [5.41, 5.74) is 1.33. The predicted octanol–water partition coefficient (Wildman–Crippen LogP) is 5.08. The zero-order valence-electron chi connectivity index (χ0n) is 23.0. The van der Waals surface area contributed by atoms with Crippen molar-refractivity contribution in [2.75, 3.05) is 11.9 Å². The van der Waals surface area contributed by atoms with Gasteiger partial charge in [-0.3, -0.25) is 0 Å². The molecule has 1 unspecified atom stereocenters. The van der Waals surface area contributed by atoms with Crippen molar-refractivity contribution in [1.82, 2.24) is 14.6 Å². The number of anilines is 1. The summed E-state index contributed by atoms with van der Waals surface area (Å²) in [7, 11) is -2.00. The van der Waals surface area contributed by atoms with E-state index in [2.05, 4.69) is 49.3 Å². The highest BCUT2D eigenvalue weighted by molar-refractivity contribution is 6.74. The molecule has 11 heteroatoms. The van der Waals surface area contributed by atoms with Crippen LogP contribution >= 0.6 is 11.6 Å². The van der Waals surface area contributed by atoms with Gasteiger partial charge < -0.3 is 29.1 Å². The molecular weight excluding hydrogens is 512 g/mol. The molecule has 5 rings (SSSR count). The Labute approximate surface area is 225 Å². The fraction of sp³-hybridized carbons (Fsp3) is 0.769. The lowest BCUT2D eigenvalue weighted by Crippen LogP contribution is -2.44. The van der Waals surface area contributed by atoms with Crippen molar-refractivity contribution >= 4 is 31.3 Å². The van der Waals surface area contributed by atoms with E-state index in [0.717, 1.165) is 18.4 Å². The standard InChI is InChI=1S/C26H41ClN4O5Si/c1-25(2,3)37(6,7)33-14-18-20-22(36-26(4,5)35-20)21(34-18)19(32)16-12-13-17-23(28-15-10-8-9-11-15)29-24(27)30-31(16)17/h12-13,15,18-22,32H,8-11,14H2,1-7H3,(H,28,29,30)/t18-,19?,20-,21+,22-/m1/s1. The first-order valence-corrected chi connectivity index (χ1v) is 16.7. The maximum atomic E-state index is 11.6. The Morgan fingerprint density at radius 3 is 2.57 bits per heavy atom. The van der Waals surface area contributed by atoms with Gasteiger partial charge in [-0.25, -0.2) is 4.52 Å². The molecule has 0 amide bonds. The van der Waals surface area contributed by atoms with Crippen LogP contribution in [0.1, 0.15) is 72.1 Å². The van der Waals surface area contributed by atoms with Gasteiger partial charge in [0.2, 0.25) is 5.28 Å². The lowest BCUT2D eigenvalue weighted by atomic mass is 10.0. The molecule has 0 bridgehead atoms. The Morgan fingerprint density at radius 1 is 1.22 bits per heavy atom. The van der Waals surface area contributed by atoms with Crippen LogP contribution < -0.4 is 5.32 Å². The molecule has 0 radical (unpaired) electrons. The van der Waals surface area contributed by atoms with Crippen LogP contribution in [0, 0.1) is 0 Å². The molecule has 9 nitrogen and oxygen atoms in total. The molecule has 3 fully saturated rings. The molecule has 5 atom stereocenters. The normalized spacial score (nSPS) is 29.2. The van der Waals surface area contributed by atoms with Crippen molar-refractivity contribution in [1.29, 1.82) is 0 Å². The molecule has 1 aliphatic carbocycles. The summed E-state index contributed by atoms with van der Waals surface area (Å²) >= 11 is 6.32. The monoisotopic (exact) mass is 552 g/mol. The van der Waals surface area contributed by atoms with Gasteiger partial charge in [0, 0.05) is 6.04 Å². The lowest BCUT2D eigenvalue weighted by molar-refractivity contribution is -0.200. The topological polar surface area (TPSA) is 99.4 Å². The molecule has 37 heavy (non-hydrogen) atoms. The summed E-state index contributed by atoms with van der Waals surface area (Å²) < 4.78 is 27.1. The maximum Gasteiger partial charge on any atom is 0.243 e. The first-order chi connectivity index (χ1) is 17.3. The number of ether oxygens (including phenoxy) is 3. The number of aromatic nitrogens is 3. The molecule has 1 saturated carbocycles. The first-order valence-electron chi connectivity index (χ1n) is 13.4. The Kier molecular flexibility index (Phi) is 7.18. The van der Waals surface area contributed by atoms with Crippen molar-refractivity contribution in [3.63, 3.8) is 0 Å². The van der Waals surface area contributed by atoms with Crippen molar-refractivity contribution in [3.05, 3.63) is 23.1 Å². The van der Waals surface area contributed by atoms with E-state index in [1.165, 1.54) is 12.8 Å². The summed E-state index contributed by atoms with van der Waals surface area (Å²) in [6.07, 6.45) is 1.80. The Morgan fingerprint density at radius 2 is 1.89 bits per heavy atom. The minimum absolute atomic E-state index is 0.0737. The second kappa shape index (κ2) is 9.73. The van der Waals surface area contributed by atoms with Gasteiger partial charge in [0.1, 0.15) is 36.0 Å². The number of hydrogen-bond donors (Lipinski definition) is 2. The smallest absolute Gasteiger partial charge is 0.243 e. The molecule has 3 aliphatic rings. The SMILES string of the molecule is CC1(C)O[C@@H]2[C@H](O1)[C@@H](CO[Si](C)(C)C(C)(C)C)O[C@H]2C(O)c1ccc2c(NC3CCCC3)nc(Cl)nn12. The number of fused-ring (bicyclic) bond motifs is 2. The number of halogens is 1. The van der Waals surface area contributed by atoms with Gasteiger partial charge in [0.25, 0.3) is 0 Å². The van der Waals surface area contributed by atoms with Crippen molar-refractivity contribution in [3.8, 4) is 0 Å². The highest BCUT2D eigenvalue weighted by atomic mass is 35.5. The molecule has 2 saturated heterocycles. The molecule has 2 N–H and O–H groups in total. The Hall–Kier alpha value is -1.27. The van der Waals surface area contributed by atoms with Crippen LogP contribution in [0.5, 0.6) is 0 Å². The average molecular weight is 553 g/mol. The van der Waals surface area contributed by atoms with E-state index >= 15 is 0 Å². The fourth-order valence-corrected chi connectivity index (χ4v) is 6.54. The second-order valence-corrected chi connectivity index (χ2v) is 17.8. The minimum atomic E-state index is -2.00. The highest BCUT2D eigenvalue weighted by Gasteiger charge is 2.57. The number of hydrogen-bond acceptors (Lipinski definition) is 8. The number of nitrogens with zero attached hydrogens (tertiary/aromatic N) is 3. The zero-order chi connectivity index (χ0) is 26.8. The van der Waals surface area contributed by atoms with Crippen LogP contribution in [0.2, 0.25) is 23.4 Å². The molecular formula is C26H41ClN4O5Si. The summed E-state index contributed by atoms with van der Waals surface area (Å²) in [6, 6.07) is 4.13. The van der Waals surface area contributed by atoms with E-state index in [-0.39, 0.29) is 22.5 Å². The summed E-state index contributed by atoms with van der Waals surface area (Å²) in [5, 5.41) is 19.8. The summed E-state index contributed by atoms with van der Waals surface area (Å²) in [5.74, 6) is -0.102. The van der Waals surface area contributed by atoms with E-state index in [1.54, 1.807) is 4.52 Å². The van der Waals surface area contributed by atoms with Gasteiger partial charge in [-0.15, -0.1) is 5.10 Å². The van der Waals surface area contributed by atoms with E-state index in [0.29, 0.717) is 24.2 Å². The molecule has 0 spiro atoms. The largest absolute Gasteiger partial charge is 0.414 e. The highest BCUT2D eigenvalue weighted by Crippen LogP contribution is 2.44. The van der Waals surface area contributed by atoms with Crippen molar-refractivity contribution in [2.45, 2.75) is 121 Å². The van der Waals surface area contributed by atoms with Gasteiger partial charge in [-0.05, 0) is 68.6 Å². The van der Waals surface area contributed by atoms with Crippen LogP contribution in [0.3, 0.4) is 0 Å². The molecule has 4 heterocycles. The molecule has 2 aromatic heterocycles. The van der Waals surface area contributed by atoms with E-state index in [9.17, 15) is 5.11 Å². The summed E-state index contributed by atoms with van der Waals surface area (Å²) in [6.45, 7) is 15.2. The molecule has 2 aliphatic heterocycles. The van der Waals surface area contributed by atoms with E-state index < -0.39 is 32.4 Å². The van der Waals surface area contributed by atoms with Crippen LogP contribution in [0.4, 0.5) is 5.82 Å². The van der Waals surface area contributed by atoms with E-state index in [4.69, 9.17) is 30.2 Å². The summed E-state index contributed by atoms with van der Waals surface area (Å²) in [4.78, 5) is 4.44. The third-order valence-electron chi connectivity index (χ3n) is 8.42. The number of nitrogens with one attached hydrogen (secondary N) is 1. The van der Waals surface area contributed by atoms with Crippen molar-refractivity contribution < 1.29 is 23.7 Å². The van der Waals surface area contributed by atoms with Crippen LogP contribution in [0.15, 0.2) is 12.1 Å². The maximum absolute atomic E-state index is 11.6. The molecule has 0 aromatic carbocycles. The van der Waals surface area contributed by atoms with Gasteiger partial charge in [0.05, 0.1) is 12.3 Å². The third kappa shape index (κ3) is 5.31. The fourth-order valence-electron chi connectivity index (χ4n) is 5.36. The van der Waals surface area contributed by atoms with Gasteiger partial charge in [0.15, 0.2) is 19.9 Å². The number of aliphatic hydroxyl groups is 1. The second-order valence-electron chi connectivity index (χ2n) is 12.6. The molecule has 2 aromatic rings. The van der Waals surface area contributed by atoms with Gasteiger partial charge in [-0.2, -0.15) is 4.98 Å². The number of rotatable bonds is 7. The van der Waals surface area contributed by atoms with Crippen molar-refractivity contribution in [2.24, 2.45) is 0 Å². The van der Waals surface area contributed by atoms with Crippen LogP contribution in [-0.2, 0) is 18.6 Å². The Bertz CT molecular complexity index is 1130. The molecule has 206 valence electrons. The third-order valence-corrected chi connectivity index (χ3v) is 13.1. The predicted molar refractivity (Wildman–Crippen MR) is 144 cm³/mol. The van der Waals surface area contributed by atoms with Crippen LogP contribution in [0.25, 0.3) is 5.52 Å². The minimum Gasteiger partial charge on any atom is -0.414 e. The zero-order valence-corrected chi connectivity index (χ0v) is 24.7. The number of aliphatic hydroxyl groups excluding tert-OH is 1. The quantitative estimate of drug-likeness (QED) is 0.459. The van der Waals surface area contributed by atoms with E-state index in [1.807, 2.05) is 26.0 Å². The Balaban J connectivity index is 1.40. The van der Waals surface area contributed by atoms with Gasteiger partial charge >= 0.3 is 0 Å². The average Bonchev–Trinajstić information content (AvgIpc) is 3.55.